The highest BCUT2D eigenvalue weighted by Gasteiger charge is 1.93. The molecule has 1 aromatic rings. The maximum atomic E-state index is 6.67. The van der Waals surface area contributed by atoms with Gasteiger partial charge in [-0.05, 0) is 0 Å². The van der Waals surface area contributed by atoms with E-state index in [9.17, 15) is 0 Å². The molecule has 0 saturated heterocycles. The van der Waals surface area contributed by atoms with Gasteiger partial charge in [-0.2, -0.15) is 0 Å². The Morgan fingerprint density at radius 2 is 2.62 bits per heavy atom. The number of nitrogens with zero attached hydrogens (tertiary/aromatic N) is 3. The van der Waals surface area contributed by atoms with Crippen LogP contribution in [0.5, 0.6) is 0 Å². The lowest BCUT2D eigenvalue weighted by Crippen LogP contribution is -1.87. The van der Waals surface area contributed by atoms with Crippen molar-refractivity contribution < 1.29 is 0 Å². The second kappa shape index (κ2) is 1.92. The van der Waals surface area contributed by atoms with Gasteiger partial charge in [-0.15, -0.1) is 10.2 Å². The highest BCUT2D eigenvalue weighted by molar-refractivity contribution is 6.16. The topological polar surface area (TPSA) is 54.6 Å². The lowest BCUT2D eigenvalue weighted by Gasteiger charge is -1.81. The van der Waals surface area contributed by atoms with Crippen LogP contribution in [0.25, 0.3) is 0 Å². The fourth-order valence-electron chi connectivity index (χ4n) is 0.323. The number of halogens is 1. The van der Waals surface area contributed by atoms with Crippen molar-refractivity contribution in [3.8, 4) is 0 Å². The second-order valence-electron chi connectivity index (χ2n) is 1.14. The summed E-state index contributed by atoms with van der Waals surface area (Å²) in [5.74, 6) is 0.340. The summed E-state index contributed by atoms with van der Waals surface area (Å²) in [6, 6.07) is 0. The van der Waals surface area contributed by atoms with E-state index in [1.54, 1.807) is 0 Å². The van der Waals surface area contributed by atoms with E-state index in [-0.39, 0.29) is 0 Å². The quantitative estimate of drug-likeness (QED) is 0.555. The van der Waals surface area contributed by atoms with Crippen LogP contribution in [-0.2, 0) is 0 Å². The SMILES string of the molecule is N=Cc1nncn1Cl. The van der Waals surface area contributed by atoms with Gasteiger partial charge in [0.05, 0.1) is 6.21 Å². The molecule has 0 atom stereocenters. The summed E-state index contributed by atoms with van der Waals surface area (Å²) in [6.07, 6.45) is 2.35. The molecule has 0 bridgehead atoms. The van der Waals surface area contributed by atoms with E-state index in [1.165, 1.54) is 6.33 Å². The van der Waals surface area contributed by atoms with Crippen molar-refractivity contribution in [2.75, 3.05) is 0 Å². The molecule has 0 fully saturated rings. The molecule has 0 amide bonds. The zero-order valence-electron chi connectivity index (χ0n) is 3.87. The Bertz CT molecular complexity index is 193. The van der Waals surface area contributed by atoms with Crippen LogP contribution in [0.2, 0.25) is 0 Å². The Labute approximate surface area is 50.7 Å². The largest absolute Gasteiger partial charge is 0.305 e. The molecule has 0 radical (unpaired) electrons. The van der Waals surface area contributed by atoms with Gasteiger partial charge in [0.2, 0.25) is 0 Å². The summed E-state index contributed by atoms with van der Waals surface area (Å²) in [5, 5.41) is 13.6. The molecule has 0 aliphatic rings. The van der Waals surface area contributed by atoms with E-state index >= 15 is 0 Å². The predicted octanol–water partition coefficient (Wildman–Crippen LogP) is 0.278. The van der Waals surface area contributed by atoms with Crippen molar-refractivity contribution in [2.45, 2.75) is 0 Å². The molecule has 5 heteroatoms. The molecule has 1 heterocycles. The van der Waals surface area contributed by atoms with Crippen LogP contribution in [-0.4, -0.2) is 20.5 Å². The summed E-state index contributed by atoms with van der Waals surface area (Å²) in [6.45, 7) is 0. The molecule has 0 unspecified atom stereocenters. The van der Waals surface area contributed by atoms with E-state index in [0.717, 1.165) is 10.3 Å². The molecular weight excluding hydrogens is 128 g/mol. The first-order valence-electron chi connectivity index (χ1n) is 1.91. The second-order valence-corrected chi connectivity index (χ2v) is 1.51. The Balaban J connectivity index is 3.09. The molecule has 8 heavy (non-hydrogen) atoms. The summed E-state index contributed by atoms with van der Waals surface area (Å²) in [5.41, 5.74) is 0. The molecule has 1 aromatic heterocycles. The molecular formula is C3H3ClN4. The summed E-state index contributed by atoms with van der Waals surface area (Å²) in [4.78, 5) is 0. The van der Waals surface area contributed by atoms with Gasteiger partial charge in [0, 0.05) is 11.8 Å². The van der Waals surface area contributed by atoms with E-state index in [2.05, 4.69) is 10.2 Å². The maximum absolute atomic E-state index is 6.67. The van der Waals surface area contributed by atoms with E-state index in [0.29, 0.717) is 5.82 Å². The highest BCUT2D eigenvalue weighted by atomic mass is 35.5. The molecule has 0 saturated carbocycles. The standard InChI is InChI=1S/C3H3ClN4/c4-8-2-6-7-3(8)1-5/h1-2,5H. The number of aromatic nitrogens is 3. The van der Waals surface area contributed by atoms with E-state index in [4.69, 9.17) is 17.2 Å². The normalized spacial score (nSPS) is 9.12. The molecule has 0 aliphatic heterocycles. The predicted molar refractivity (Wildman–Crippen MR) is 29.2 cm³/mol. The van der Waals surface area contributed by atoms with Gasteiger partial charge in [0.1, 0.15) is 6.33 Å². The van der Waals surface area contributed by atoms with Crippen LogP contribution in [0.1, 0.15) is 5.82 Å². The third kappa shape index (κ3) is 0.696. The molecule has 0 spiro atoms. The van der Waals surface area contributed by atoms with Gasteiger partial charge >= 0.3 is 0 Å². The average molecular weight is 131 g/mol. The summed E-state index contributed by atoms with van der Waals surface area (Å²) in [7, 11) is 0. The zero-order chi connectivity index (χ0) is 5.98. The minimum Gasteiger partial charge on any atom is -0.305 e. The van der Waals surface area contributed by atoms with Gasteiger partial charge in [0.25, 0.3) is 0 Å². The maximum Gasteiger partial charge on any atom is 0.189 e. The molecule has 1 N–H and O–H groups in total. The Kier molecular flexibility index (Phi) is 1.26. The third-order valence-corrected chi connectivity index (χ3v) is 0.922. The molecule has 4 nitrogen and oxygen atoms in total. The molecule has 0 aromatic carbocycles. The van der Waals surface area contributed by atoms with Crippen molar-refractivity contribution in [1.29, 1.82) is 5.41 Å². The van der Waals surface area contributed by atoms with E-state index in [1.807, 2.05) is 0 Å². The van der Waals surface area contributed by atoms with Gasteiger partial charge in [-0.25, -0.2) is 4.09 Å². The van der Waals surface area contributed by atoms with Gasteiger partial charge in [-0.3, -0.25) is 0 Å². The fraction of sp³-hybridized carbons (Fsp3) is 0. The van der Waals surface area contributed by atoms with Crippen LogP contribution in [0.3, 0.4) is 0 Å². The smallest absolute Gasteiger partial charge is 0.189 e. The lowest BCUT2D eigenvalue weighted by molar-refractivity contribution is 1.08. The Morgan fingerprint density at radius 3 is 2.88 bits per heavy atom. The van der Waals surface area contributed by atoms with Crippen LogP contribution in [0.15, 0.2) is 6.33 Å². The Hall–Kier alpha value is -0.900. The van der Waals surface area contributed by atoms with Crippen LogP contribution in [0.4, 0.5) is 0 Å². The zero-order valence-corrected chi connectivity index (χ0v) is 4.63. The van der Waals surface area contributed by atoms with Gasteiger partial charge in [0.15, 0.2) is 5.82 Å². The number of rotatable bonds is 1. The average Bonchev–Trinajstić information content (AvgIpc) is 2.14. The molecule has 1 rings (SSSR count). The number of hydrogen-bond donors (Lipinski definition) is 1. The first kappa shape index (κ1) is 5.24. The first-order chi connectivity index (χ1) is 3.84. The van der Waals surface area contributed by atoms with Crippen molar-refractivity contribution in [3.63, 3.8) is 0 Å². The van der Waals surface area contributed by atoms with Crippen molar-refractivity contribution in [3.05, 3.63) is 12.2 Å². The minimum absolute atomic E-state index is 0.340. The van der Waals surface area contributed by atoms with Gasteiger partial charge in [-0.1, -0.05) is 0 Å². The van der Waals surface area contributed by atoms with E-state index < -0.39 is 0 Å². The summed E-state index contributed by atoms with van der Waals surface area (Å²) < 4.78 is 1.15. The van der Waals surface area contributed by atoms with Crippen LogP contribution < -0.4 is 0 Å². The monoisotopic (exact) mass is 130 g/mol. The number of nitrogens with one attached hydrogen (secondary N) is 1. The number of hydrogen-bond acceptors (Lipinski definition) is 3. The Morgan fingerprint density at radius 1 is 1.88 bits per heavy atom. The van der Waals surface area contributed by atoms with Crippen molar-refractivity contribution >= 4 is 18.0 Å². The van der Waals surface area contributed by atoms with Crippen LogP contribution >= 0.6 is 11.8 Å². The van der Waals surface area contributed by atoms with Crippen LogP contribution in [0, 0.1) is 5.41 Å². The first-order valence-corrected chi connectivity index (χ1v) is 2.25. The lowest BCUT2D eigenvalue weighted by atomic mass is 10.7. The van der Waals surface area contributed by atoms with Gasteiger partial charge < -0.3 is 5.41 Å². The highest BCUT2D eigenvalue weighted by Crippen LogP contribution is 1.90. The summed E-state index contributed by atoms with van der Waals surface area (Å²) >= 11 is 5.38. The fourth-order valence-corrected chi connectivity index (χ4v) is 0.444. The minimum atomic E-state index is 0.340. The van der Waals surface area contributed by atoms with Crippen molar-refractivity contribution in [1.82, 2.24) is 14.3 Å². The van der Waals surface area contributed by atoms with Crippen molar-refractivity contribution in [2.24, 2.45) is 0 Å². The third-order valence-electron chi connectivity index (χ3n) is 0.661. The molecule has 42 valence electrons. The molecule has 0 aliphatic carbocycles.